The first-order valence-electron chi connectivity index (χ1n) is 10.2. The highest BCUT2D eigenvalue weighted by Crippen LogP contribution is 2.44. The number of carbonyl (C=O) groups is 1. The van der Waals surface area contributed by atoms with E-state index >= 15 is 0 Å². The largest absolute Gasteiger partial charge is 0.497 e. The fourth-order valence-electron chi connectivity index (χ4n) is 4.43. The van der Waals surface area contributed by atoms with Crippen LogP contribution in [0.4, 0.5) is 11.4 Å². The number of anilines is 2. The third-order valence-electron chi connectivity index (χ3n) is 5.91. The number of nitrogens with one attached hydrogen (secondary N) is 2. The summed E-state index contributed by atoms with van der Waals surface area (Å²) in [5, 5.41) is 7.16. The second-order valence-electron chi connectivity index (χ2n) is 7.73. The second-order valence-corrected chi connectivity index (χ2v) is 7.73. The topological polar surface area (TPSA) is 63.2 Å². The van der Waals surface area contributed by atoms with Crippen LogP contribution in [0.25, 0.3) is 0 Å². The van der Waals surface area contributed by atoms with E-state index in [9.17, 15) is 4.79 Å². The number of methoxy groups -OCH3 is 1. The Morgan fingerprint density at radius 2 is 1.73 bits per heavy atom. The molecule has 0 fully saturated rings. The molecule has 150 valence electrons. The average molecular weight is 397 g/mol. The number of ketones is 1. The highest BCUT2D eigenvalue weighted by molar-refractivity contribution is 6.01. The number of rotatable bonds is 3. The SMILES string of the molecule is COc1cccc([C@H]2CC(=O)C3=C(C2)Nc2ccccc2N[C@@H]3c2ccncc2)c1. The van der Waals surface area contributed by atoms with Crippen LogP contribution in [-0.2, 0) is 4.79 Å². The van der Waals surface area contributed by atoms with Crippen molar-refractivity contribution in [3.05, 3.63) is 95.5 Å². The highest BCUT2D eigenvalue weighted by atomic mass is 16.5. The van der Waals surface area contributed by atoms with E-state index < -0.39 is 0 Å². The number of Topliss-reactive ketones (excluding diaryl/α,β-unsaturated/α-hetero) is 1. The Bertz CT molecular complexity index is 1120. The molecule has 2 heterocycles. The Morgan fingerprint density at radius 3 is 2.53 bits per heavy atom. The zero-order valence-electron chi connectivity index (χ0n) is 16.8. The van der Waals surface area contributed by atoms with Gasteiger partial charge in [-0.05, 0) is 59.9 Å². The number of hydrogen-bond acceptors (Lipinski definition) is 5. The summed E-state index contributed by atoms with van der Waals surface area (Å²) >= 11 is 0. The number of ether oxygens (including phenoxy) is 1. The number of benzene rings is 2. The summed E-state index contributed by atoms with van der Waals surface area (Å²) in [5.41, 5.74) is 5.93. The first-order chi connectivity index (χ1) is 14.7. The molecule has 3 aromatic rings. The third kappa shape index (κ3) is 3.32. The van der Waals surface area contributed by atoms with E-state index in [4.69, 9.17) is 4.74 Å². The third-order valence-corrected chi connectivity index (χ3v) is 5.91. The molecule has 1 aliphatic carbocycles. The molecule has 2 aliphatic rings. The fraction of sp³-hybridized carbons (Fsp3) is 0.200. The fourth-order valence-corrected chi connectivity index (χ4v) is 4.43. The first kappa shape index (κ1) is 18.4. The number of aromatic nitrogens is 1. The first-order valence-corrected chi connectivity index (χ1v) is 10.2. The summed E-state index contributed by atoms with van der Waals surface area (Å²) in [4.78, 5) is 17.6. The predicted octanol–water partition coefficient (Wildman–Crippen LogP) is 5.07. The van der Waals surface area contributed by atoms with Gasteiger partial charge in [-0.15, -0.1) is 0 Å². The maximum absolute atomic E-state index is 13.5. The van der Waals surface area contributed by atoms with Gasteiger partial charge in [0.05, 0.1) is 24.5 Å². The van der Waals surface area contributed by atoms with Crippen molar-refractivity contribution in [3.8, 4) is 5.75 Å². The molecule has 30 heavy (non-hydrogen) atoms. The summed E-state index contributed by atoms with van der Waals surface area (Å²) < 4.78 is 5.39. The minimum Gasteiger partial charge on any atom is -0.497 e. The van der Waals surface area contributed by atoms with E-state index in [1.54, 1.807) is 19.5 Å². The van der Waals surface area contributed by atoms with Crippen LogP contribution in [-0.4, -0.2) is 17.9 Å². The number of allylic oxidation sites excluding steroid dienone is 1. The molecule has 1 aromatic heterocycles. The maximum atomic E-state index is 13.5. The lowest BCUT2D eigenvalue weighted by Crippen LogP contribution is -2.26. The number of fused-ring (bicyclic) bond motifs is 1. The van der Waals surface area contributed by atoms with Gasteiger partial charge in [0.15, 0.2) is 5.78 Å². The van der Waals surface area contributed by atoms with Crippen molar-refractivity contribution in [2.75, 3.05) is 17.7 Å². The molecule has 0 radical (unpaired) electrons. The van der Waals surface area contributed by atoms with Gasteiger partial charge in [0.25, 0.3) is 0 Å². The number of para-hydroxylation sites is 2. The Morgan fingerprint density at radius 1 is 0.933 bits per heavy atom. The van der Waals surface area contributed by atoms with Crippen molar-refractivity contribution in [2.45, 2.75) is 24.8 Å². The zero-order valence-corrected chi connectivity index (χ0v) is 16.8. The minimum absolute atomic E-state index is 0.113. The summed E-state index contributed by atoms with van der Waals surface area (Å²) in [5.74, 6) is 1.09. The van der Waals surface area contributed by atoms with Crippen LogP contribution in [0.15, 0.2) is 84.3 Å². The monoisotopic (exact) mass is 397 g/mol. The Hall–Kier alpha value is -3.60. The highest BCUT2D eigenvalue weighted by Gasteiger charge is 2.36. The molecule has 5 heteroatoms. The molecule has 2 aromatic carbocycles. The van der Waals surface area contributed by atoms with Crippen LogP contribution in [0.3, 0.4) is 0 Å². The van der Waals surface area contributed by atoms with Gasteiger partial charge in [-0.3, -0.25) is 9.78 Å². The lowest BCUT2D eigenvalue weighted by Gasteiger charge is -2.30. The standard InChI is InChI=1S/C25H23N3O2/c1-30-19-6-4-5-17(13-19)18-14-22-24(23(29)15-18)25(16-9-11-26-12-10-16)28-21-8-3-2-7-20(21)27-22/h2-13,18,25,27-28H,14-15H2,1H3/t18-,25-/m1/s1. The molecule has 0 bridgehead atoms. The molecule has 0 unspecified atom stereocenters. The molecule has 5 rings (SSSR count). The van der Waals surface area contributed by atoms with E-state index in [-0.39, 0.29) is 17.7 Å². The van der Waals surface area contributed by atoms with E-state index in [2.05, 4.69) is 21.7 Å². The van der Waals surface area contributed by atoms with Crippen molar-refractivity contribution < 1.29 is 9.53 Å². The maximum Gasteiger partial charge on any atom is 0.163 e. The Kier molecular flexibility index (Phi) is 4.71. The lowest BCUT2D eigenvalue weighted by atomic mass is 9.78. The minimum atomic E-state index is -0.210. The summed E-state index contributed by atoms with van der Waals surface area (Å²) in [6.45, 7) is 0. The van der Waals surface area contributed by atoms with E-state index in [1.165, 1.54) is 0 Å². The van der Waals surface area contributed by atoms with Gasteiger partial charge in [0.1, 0.15) is 5.75 Å². The number of carbonyl (C=O) groups excluding carboxylic acids is 1. The van der Waals surface area contributed by atoms with Gasteiger partial charge in [0.2, 0.25) is 0 Å². The summed E-state index contributed by atoms with van der Waals surface area (Å²) in [7, 11) is 1.67. The summed E-state index contributed by atoms with van der Waals surface area (Å²) in [6.07, 6.45) is 4.79. The van der Waals surface area contributed by atoms with E-state index in [0.717, 1.165) is 45.9 Å². The van der Waals surface area contributed by atoms with E-state index in [1.807, 2.05) is 54.6 Å². The second kappa shape index (κ2) is 7.67. The molecule has 2 N–H and O–H groups in total. The Labute approximate surface area is 175 Å². The number of hydrogen-bond donors (Lipinski definition) is 2. The molecule has 1 aliphatic heterocycles. The molecule has 0 saturated heterocycles. The van der Waals surface area contributed by atoms with Crippen LogP contribution in [0.2, 0.25) is 0 Å². The van der Waals surface area contributed by atoms with Crippen molar-refractivity contribution in [1.29, 1.82) is 0 Å². The van der Waals surface area contributed by atoms with Crippen molar-refractivity contribution in [1.82, 2.24) is 4.98 Å². The van der Waals surface area contributed by atoms with Crippen LogP contribution in [0.5, 0.6) is 5.75 Å². The van der Waals surface area contributed by atoms with Crippen LogP contribution >= 0.6 is 0 Å². The average Bonchev–Trinajstić information content (AvgIpc) is 2.96. The van der Waals surface area contributed by atoms with Gasteiger partial charge in [-0.2, -0.15) is 0 Å². The number of pyridine rings is 1. The number of nitrogens with zero attached hydrogens (tertiary/aromatic N) is 1. The predicted molar refractivity (Wildman–Crippen MR) is 118 cm³/mol. The zero-order chi connectivity index (χ0) is 20.5. The molecular weight excluding hydrogens is 374 g/mol. The smallest absolute Gasteiger partial charge is 0.163 e. The van der Waals surface area contributed by atoms with Gasteiger partial charge in [-0.25, -0.2) is 0 Å². The van der Waals surface area contributed by atoms with Gasteiger partial charge >= 0.3 is 0 Å². The van der Waals surface area contributed by atoms with Gasteiger partial charge in [-0.1, -0.05) is 24.3 Å². The van der Waals surface area contributed by atoms with Crippen LogP contribution < -0.4 is 15.4 Å². The van der Waals surface area contributed by atoms with E-state index in [0.29, 0.717) is 6.42 Å². The van der Waals surface area contributed by atoms with Gasteiger partial charge in [0, 0.05) is 30.1 Å². The molecule has 0 amide bonds. The molecule has 5 nitrogen and oxygen atoms in total. The molecule has 0 spiro atoms. The molecule has 0 saturated carbocycles. The van der Waals surface area contributed by atoms with Gasteiger partial charge < -0.3 is 15.4 Å². The molecular formula is C25H23N3O2. The quantitative estimate of drug-likeness (QED) is 0.646. The molecule has 2 atom stereocenters. The summed E-state index contributed by atoms with van der Waals surface area (Å²) in [6, 6.07) is 19.9. The van der Waals surface area contributed by atoms with Crippen molar-refractivity contribution >= 4 is 17.2 Å². The van der Waals surface area contributed by atoms with Crippen LogP contribution in [0, 0.1) is 0 Å². The van der Waals surface area contributed by atoms with Crippen molar-refractivity contribution in [2.24, 2.45) is 0 Å². The van der Waals surface area contributed by atoms with Crippen LogP contribution in [0.1, 0.15) is 35.9 Å². The van der Waals surface area contributed by atoms with Crippen molar-refractivity contribution in [3.63, 3.8) is 0 Å². The lowest BCUT2D eigenvalue weighted by molar-refractivity contribution is -0.116. The normalized spacial score (nSPS) is 20.4. The Balaban J connectivity index is 1.59.